The Bertz CT molecular complexity index is 963. The molecule has 0 atom stereocenters. The number of amides is 1. The van der Waals surface area contributed by atoms with Crippen LogP contribution in [0.4, 0.5) is 5.82 Å². The summed E-state index contributed by atoms with van der Waals surface area (Å²) in [6, 6.07) is 13.3. The number of carbonyl (C=O) groups is 1. The molecule has 0 unspecified atom stereocenters. The number of nitrogens with zero attached hydrogens (tertiary/aromatic N) is 6. The Morgan fingerprint density at radius 3 is 2.36 bits per heavy atom. The second-order valence-electron chi connectivity index (χ2n) is 6.79. The first-order valence-electron chi connectivity index (χ1n) is 9.23. The van der Waals surface area contributed by atoms with Crippen LogP contribution >= 0.6 is 11.6 Å². The number of hydrogen-bond donors (Lipinski definition) is 0. The number of anilines is 1. The van der Waals surface area contributed by atoms with Crippen LogP contribution < -0.4 is 4.90 Å². The molecule has 0 bridgehead atoms. The molecule has 144 valence electrons. The van der Waals surface area contributed by atoms with Gasteiger partial charge in [0, 0.05) is 37.4 Å². The highest BCUT2D eigenvalue weighted by atomic mass is 35.5. The quantitative estimate of drug-likeness (QED) is 0.677. The Hall–Kier alpha value is -2.93. The fourth-order valence-corrected chi connectivity index (χ4v) is 3.46. The lowest BCUT2D eigenvalue weighted by molar-refractivity contribution is -0.130. The van der Waals surface area contributed by atoms with Gasteiger partial charge in [0.05, 0.1) is 12.1 Å². The Kier molecular flexibility index (Phi) is 5.25. The summed E-state index contributed by atoms with van der Waals surface area (Å²) in [5.41, 5.74) is 1.80. The van der Waals surface area contributed by atoms with Gasteiger partial charge in [-0.2, -0.15) is 5.10 Å². The second kappa shape index (κ2) is 7.98. The minimum Gasteiger partial charge on any atom is -0.352 e. The van der Waals surface area contributed by atoms with Crippen molar-refractivity contribution >= 4 is 23.3 Å². The van der Waals surface area contributed by atoms with Gasteiger partial charge >= 0.3 is 0 Å². The second-order valence-corrected chi connectivity index (χ2v) is 7.19. The van der Waals surface area contributed by atoms with Gasteiger partial charge in [-0.15, -0.1) is 10.2 Å². The van der Waals surface area contributed by atoms with Crippen molar-refractivity contribution in [3.8, 4) is 5.82 Å². The first-order chi connectivity index (χ1) is 13.6. The molecule has 28 heavy (non-hydrogen) atoms. The summed E-state index contributed by atoms with van der Waals surface area (Å²) >= 11 is 6.17. The summed E-state index contributed by atoms with van der Waals surface area (Å²) in [5.74, 6) is 1.60. The van der Waals surface area contributed by atoms with Gasteiger partial charge in [0.1, 0.15) is 0 Å². The zero-order chi connectivity index (χ0) is 19.5. The van der Waals surface area contributed by atoms with E-state index in [0.29, 0.717) is 30.4 Å². The molecule has 1 fully saturated rings. The fraction of sp³-hybridized carbons (Fsp3) is 0.300. The van der Waals surface area contributed by atoms with Crippen LogP contribution in [0.1, 0.15) is 11.3 Å². The number of piperazine rings is 1. The number of benzene rings is 1. The van der Waals surface area contributed by atoms with Gasteiger partial charge in [0.25, 0.3) is 0 Å². The van der Waals surface area contributed by atoms with Gasteiger partial charge in [-0.25, -0.2) is 4.68 Å². The molecule has 1 aliphatic rings. The topological polar surface area (TPSA) is 67.2 Å². The molecule has 8 heteroatoms. The monoisotopic (exact) mass is 396 g/mol. The molecule has 1 aliphatic heterocycles. The van der Waals surface area contributed by atoms with Crippen molar-refractivity contribution in [1.82, 2.24) is 24.9 Å². The van der Waals surface area contributed by atoms with E-state index in [2.05, 4.69) is 20.2 Å². The highest BCUT2D eigenvalue weighted by molar-refractivity contribution is 6.31. The van der Waals surface area contributed by atoms with E-state index in [1.54, 1.807) is 4.68 Å². The zero-order valence-electron chi connectivity index (χ0n) is 15.6. The smallest absolute Gasteiger partial charge is 0.227 e. The molecule has 0 saturated carbocycles. The molecule has 3 aromatic rings. The summed E-state index contributed by atoms with van der Waals surface area (Å²) in [6.07, 6.45) is 2.19. The van der Waals surface area contributed by atoms with Gasteiger partial charge in [-0.05, 0) is 36.8 Å². The Labute approximate surface area is 168 Å². The van der Waals surface area contributed by atoms with Gasteiger partial charge in [-0.1, -0.05) is 29.8 Å². The molecule has 2 aromatic heterocycles. The first kappa shape index (κ1) is 18.4. The molecule has 0 N–H and O–H groups in total. The average molecular weight is 397 g/mol. The van der Waals surface area contributed by atoms with E-state index in [9.17, 15) is 4.79 Å². The Balaban J connectivity index is 1.35. The van der Waals surface area contributed by atoms with Gasteiger partial charge in [0.15, 0.2) is 11.6 Å². The molecule has 1 saturated heterocycles. The van der Waals surface area contributed by atoms with Crippen LogP contribution in [0.2, 0.25) is 5.02 Å². The normalized spacial score (nSPS) is 14.4. The van der Waals surface area contributed by atoms with Crippen molar-refractivity contribution in [3.63, 3.8) is 0 Å². The summed E-state index contributed by atoms with van der Waals surface area (Å²) in [5, 5.41) is 13.6. The third-order valence-electron chi connectivity index (χ3n) is 4.85. The van der Waals surface area contributed by atoms with Crippen molar-refractivity contribution in [2.75, 3.05) is 31.1 Å². The van der Waals surface area contributed by atoms with Crippen molar-refractivity contribution in [2.45, 2.75) is 13.3 Å². The predicted octanol–water partition coefficient (Wildman–Crippen LogP) is 2.52. The standard InChI is InChI=1S/C20H21ClN6O/c1-15-8-9-27(24-15)19-7-6-18(22-23-19)25-10-12-26(13-11-25)20(28)14-16-4-2-3-5-17(16)21/h2-9H,10-14H2,1H3. The number of hydrogen-bond acceptors (Lipinski definition) is 5. The minimum atomic E-state index is 0.100. The maximum Gasteiger partial charge on any atom is 0.227 e. The lowest BCUT2D eigenvalue weighted by atomic mass is 10.1. The van der Waals surface area contributed by atoms with E-state index >= 15 is 0 Å². The van der Waals surface area contributed by atoms with E-state index < -0.39 is 0 Å². The highest BCUT2D eigenvalue weighted by Gasteiger charge is 2.22. The number of halogens is 1. The first-order valence-corrected chi connectivity index (χ1v) is 9.60. The molecular formula is C20H21ClN6O. The van der Waals surface area contributed by atoms with E-state index in [-0.39, 0.29) is 5.91 Å². The summed E-state index contributed by atoms with van der Waals surface area (Å²) in [4.78, 5) is 16.6. The van der Waals surface area contributed by atoms with Crippen LogP contribution in [0.25, 0.3) is 5.82 Å². The van der Waals surface area contributed by atoms with Crippen LogP contribution in [-0.4, -0.2) is 57.0 Å². The van der Waals surface area contributed by atoms with Gasteiger partial charge in [-0.3, -0.25) is 4.79 Å². The third kappa shape index (κ3) is 3.99. The Morgan fingerprint density at radius 2 is 1.71 bits per heavy atom. The molecular weight excluding hydrogens is 376 g/mol. The molecule has 0 aliphatic carbocycles. The van der Waals surface area contributed by atoms with Crippen molar-refractivity contribution < 1.29 is 4.79 Å². The molecule has 0 radical (unpaired) electrons. The fourth-order valence-electron chi connectivity index (χ4n) is 3.25. The molecule has 1 amide bonds. The van der Waals surface area contributed by atoms with Gasteiger partial charge in [0.2, 0.25) is 5.91 Å². The van der Waals surface area contributed by atoms with Crippen molar-refractivity contribution in [3.05, 3.63) is 64.9 Å². The molecule has 1 aromatic carbocycles. The van der Waals surface area contributed by atoms with Crippen LogP contribution in [-0.2, 0) is 11.2 Å². The number of rotatable bonds is 4. The minimum absolute atomic E-state index is 0.100. The molecule has 4 rings (SSSR count). The zero-order valence-corrected chi connectivity index (χ0v) is 16.4. The van der Waals surface area contributed by atoms with E-state index in [1.165, 1.54) is 0 Å². The van der Waals surface area contributed by atoms with Crippen LogP contribution in [0.3, 0.4) is 0 Å². The van der Waals surface area contributed by atoms with E-state index in [4.69, 9.17) is 11.6 Å². The highest BCUT2D eigenvalue weighted by Crippen LogP contribution is 2.18. The van der Waals surface area contributed by atoms with Crippen LogP contribution in [0.5, 0.6) is 0 Å². The lowest BCUT2D eigenvalue weighted by Gasteiger charge is -2.35. The summed E-state index contributed by atoms with van der Waals surface area (Å²) < 4.78 is 1.71. The van der Waals surface area contributed by atoms with Crippen LogP contribution in [0, 0.1) is 6.92 Å². The Morgan fingerprint density at radius 1 is 1.00 bits per heavy atom. The molecule has 3 heterocycles. The number of aromatic nitrogens is 4. The van der Waals surface area contributed by atoms with Crippen molar-refractivity contribution in [1.29, 1.82) is 0 Å². The third-order valence-corrected chi connectivity index (χ3v) is 5.22. The van der Waals surface area contributed by atoms with Crippen LogP contribution in [0.15, 0.2) is 48.7 Å². The predicted molar refractivity (Wildman–Crippen MR) is 108 cm³/mol. The average Bonchev–Trinajstić information content (AvgIpc) is 3.16. The summed E-state index contributed by atoms with van der Waals surface area (Å²) in [6.45, 7) is 4.70. The van der Waals surface area contributed by atoms with Gasteiger partial charge < -0.3 is 9.80 Å². The number of aryl methyl sites for hydroxylation is 1. The molecule has 0 spiro atoms. The lowest BCUT2D eigenvalue weighted by Crippen LogP contribution is -2.49. The SMILES string of the molecule is Cc1ccn(-c2ccc(N3CCN(C(=O)Cc4ccccc4Cl)CC3)nn2)n1. The van der Waals surface area contributed by atoms with E-state index in [1.807, 2.05) is 60.5 Å². The number of carbonyl (C=O) groups excluding carboxylic acids is 1. The molecule has 7 nitrogen and oxygen atoms in total. The van der Waals surface area contributed by atoms with Crippen molar-refractivity contribution in [2.24, 2.45) is 0 Å². The van der Waals surface area contributed by atoms with E-state index in [0.717, 1.165) is 30.2 Å². The largest absolute Gasteiger partial charge is 0.352 e. The maximum absolute atomic E-state index is 12.6. The maximum atomic E-state index is 12.6. The summed E-state index contributed by atoms with van der Waals surface area (Å²) in [7, 11) is 0.